The number of ether oxygens (including phenoxy) is 1. The van der Waals surface area contributed by atoms with E-state index in [2.05, 4.69) is 21.2 Å². The highest BCUT2D eigenvalue weighted by molar-refractivity contribution is 9.10. The lowest BCUT2D eigenvalue weighted by Crippen LogP contribution is -2.37. The molecule has 0 saturated carbocycles. The summed E-state index contributed by atoms with van der Waals surface area (Å²) in [7, 11) is -2.40. The van der Waals surface area contributed by atoms with Gasteiger partial charge in [0.1, 0.15) is 4.90 Å². The summed E-state index contributed by atoms with van der Waals surface area (Å²) in [5.41, 5.74) is 0. The van der Waals surface area contributed by atoms with Crippen LogP contribution in [0.15, 0.2) is 20.0 Å². The molecule has 0 bridgehead atoms. The first kappa shape index (κ1) is 17.2. The number of carbonyl (C=O) groups is 1. The summed E-state index contributed by atoms with van der Waals surface area (Å²) in [5, 5.41) is 7.71. The number of amides is 1. The first-order valence-corrected chi connectivity index (χ1v) is 8.25. The lowest BCUT2D eigenvalue weighted by molar-refractivity contribution is 0.0863. The third kappa shape index (κ3) is 4.58. The zero-order valence-electron chi connectivity index (χ0n) is 11.2. The zero-order valence-corrected chi connectivity index (χ0v) is 13.6. The van der Waals surface area contributed by atoms with Crippen molar-refractivity contribution in [2.45, 2.75) is 30.7 Å². The van der Waals surface area contributed by atoms with Crippen LogP contribution in [0.1, 0.15) is 30.3 Å². The van der Waals surface area contributed by atoms with Crippen molar-refractivity contribution in [3.05, 3.63) is 16.5 Å². The molecule has 1 unspecified atom stereocenters. The highest BCUT2D eigenvalue weighted by atomic mass is 79.9. The van der Waals surface area contributed by atoms with Crippen LogP contribution in [0.5, 0.6) is 0 Å². The average Bonchev–Trinajstić information content (AvgIpc) is 2.72. The highest BCUT2D eigenvalue weighted by Crippen LogP contribution is 2.25. The molecule has 0 aliphatic carbocycles. The van der Waals surface area contributed by atoms with E-state index in [0.29, 0.717) is 6.61 Å². The minimum atomic E-state index is -3.94. The summed E-state index contributed by atoms with van der Waals surface area (Å²) in [4.78, 5) is 11.7. The molecule has 0 radical (unpaired) electrons. The van der Waals surface area contributed by atoms with Crippen molar-refractivity contribution in [3.8, 4) is 0 Å². The predicted molar refractivity (Wildman–Crippen MR) is 75.8 cm³/mol. The predicted octanol–water partition coefficient (Wildman–Crippen LogP) is 1.23. The normalized spacial score (nSPS) is 13.2. The summed E-state index contributed by atoms with van der Waals surface area (Å²) in [6.45, 7) is 2.35. The second-order valence-electron chi connectivity index (χ2n) is 4.21. The van der Waals surface area contributed by atoms with Crippen LogP contribution < -0.4 is 10.5 Å². The largest absolute Gasteiger partial charge is 0.443 e. The molecule has 0 aliphatic rings. The quantitative estimate of drug-likeness (QED) is 0.751. The summed E-state index contributed by atoms with van der Waals surface area (Å²) >= 11 is 2.92. The lowest BCUT2D eigenvalue weighted by atomic mass is 10.2. The molecule has 1 aromatic rings. The lowest BCUT2D eigenvalue weighted by Gasteiger charge is -2.16. The van der Waals surface area contributed by atoms with Gasteiger partial charge in [0.25, 0.3) is 5.91 Å². The molecule has 3 N–H and O–H groups in total. The number of nitrogens with two attached hydrogens (primary N) is 1. The van der Waals surface area contributed by atoms with Crippen LogP contribution in [-0.4, -0.2) is 34.1 Å². The van der Waals surface area contributed by atoms with E-state index < -0.39 is 15.9 Å². The molecular formula is C11H17BrN2O5S. The van der Waals surface area contributed by atoms with E-state index in [1.807, 2.05) is 6.92 Å². The Kier molecular flexibility index (Phi) is 6.18. The van der Waals surface area contributed by atoms with Crippen molar-refractivity contribution in [1.82, 2.24) is 5.32 Å². The molecule has 9 heteroatoms. The van der Waals surface area contributed by atoms with Crippen LogP contribution in [0.25, 0.3) is 0 Å². The van der Waals surface area contributed by atoms with Gasteiger partial charge in [-0.05, 0) is 22.4 Å². The molecule has 1 heterocycles. The number of hydrogen-bond donors (Lipinski definition) is 2. The van der Waals surface area contributed by atoms with Crippen molar-refractivity contribution < 1.29 is 22.4 Å². The molecule has 7 nitrogen and oxygen atoms in total. The molecule has 0 saturated heterocycles. The van der Waals surface area contributed by atoms with Gasteiger partial charge in [0, 0.05) is 13.2 Å². The Morgan fingerprint density at radius 3 is 2.70 bits per heavy atom. The van der Waals surface area contributed by atoms with E-state index in [4.69, 9.17) is 14.3 Å². The maximum Gasteiger partial charge on any atom is 0.287 e. The maximum absolute atomic E-state index is 12.0. The van der Waals surface area contributed by atoms with Crippen LogP contribution in [0, 0.1) is 0 Å². The Balaban J connectivity index is 2.87. The van der Waals surface area contributed by atoms with Gasteiger partial charge in [-0.1, -0.05) is 13.3 Å². The van der Waals surface area contributed by atoms with Gasteiger partial charge in [0.05, 0.1) is 12.6 Å². The number of sulfonamides is 1. The number of carbonyl (C=O) groups excluding carboxylic acids is 1. The van der Waals surface area contributed by atoms with Gasteiger partial charge in [-0.25, -0.2) is 13.6 Å². The SMILES string of the molecule is CCCC(COC)NC(=O)c1cc(S(N)(=O)=O)c(Br)o1. The molecule has 0 fully saturated rings. The molecule has 0 aliphatic heterocycles. The summed E-state index contributed by atoms with van der Waals surface area (Å²) < 4.78 is 32.5. The number of hydrogen-bond acceptors (Lipinski definition) is 5. The fourth-order valence-electron chi connectivity index (χ4n) is 1.66. The number of nitrogens with one attached hydrogen (secondary N) is 1. The molecule has 1 amide bonds. The van der Waals surface area contributed by atoms with E-state index in [1.54, 1.807) is 0 Å². The van der Waals surface area contributed by atoms with Gasteiger partial charge in [-0.15, -0.1) is 0 Å². The van der Waals surface area contributed by atoms with Crippen LogP contribution in [0.4, 0.5) is 0 Å². The number of rotatable bonds is 7. The Morgan fingerprint density at radius 2 is 2.25 bits per heavy atom. The van der Waals surface area contributed by atoms with Gasteiger partial charge in [-0.3, -0.25) is 4.79 Å². The first-order valence-electron chi connectivity index (χ1n) is 5.91. The molecular weight excluding hydrogens is 352 g/mol. The van der Waals surface area contributed by atoms with Gasteiger partial charge in [-0.2, -0.15) is 0 Å². The van der Waals surface area contributed by atoms with Crippen LogP contribution in [0.2, 0.25) is 0 Å². The molecule has 114 valence electrons. The summed E-state index contributed by atoms with van der Waals surface area (Å²) in [6, 6.07) is 0.921. The molecule has 1 aromatic heterocycles. The van der Waals surface area contributed by atoms with Crippen molar-refractivity contribution in [2.24, 2.45) is 5.14 Å². The number of furan rings is 1. The fourth-order valence-corrected chi connectivity index (χ4v) is 3.16. The topological polar surface area (TPSA) is 112 Å². The monoisotopic (exact) mass is 368 g/mol. The molecule has 0 spiro atoms. The van der Waals surface area contributed by atoms with Crippen molar-refractivity contribution in [2.75, 3.05) is 13.7 Å². The minimum absolute atomic E-state index is 0.0936. The van der Waals surface area contributed by atoms with Crippen molar-refractivity contribution in [3.63, 3.8) is 0 Å². The Labute approximate surface area is 126 Å². The number of methoxy groups -OCH3 is 1. The zero-order chi connectivity index (χ0) is 15.3. The first-order chi connectivity index (χ1) is 9.29. The van der Waals surface area contributed by atoms with Crippen LogP contribution in [-0.2, 0) is 14.8 Å². The molecule has 1 atom stereocenters. The van der Waals surface area contributed by atoms with E-state index in [1.165, 1.54) is 7.11 Å². The third-order valence-corrected chi connectivity index (χ3v) is 4.29. The molecule has 0 aromatic carbocycles. The number of primary sulfonamides is 1. The summed E-state index contributed by atoms with van der Waals surface area (Å²) in [6.07, 6.45) is 1.61. The Bertz CT molecular complexity index is 563. The summed E-state index contributed by atoms with van der Waals surface area (Å²) in [5.74, 6) is -0.644. The average molecular weight is 369 g/mol. The second kappa shape index (κ2) is 7.21. The minimum Gasteiger partial charge on any atom is -0.443 e. The number of halogens is 1. The van der Waals surface area contributed by atoms with Gasteiger partial charge in [0.15, 0.2) is 10.4 Å². The van der Waals surface area contributed by atoms with Gasteiger partial charge in [0.2, 0.25) is 10.0 Å². The third-order valence-electron chi connectivity index (χ3n) is 2.53. The van der Waals surface area contributed by atoms with Crippen molar-refractivity contribution in [1.29, 1.82) is 0 Å². The van der Waals surface area contributed by atoms with Crippen LogP contribution >= 0.6 is 15.9 Å². The molecule has 20 heavy (non-hydrogen) atoms. The maximum atomic E-state index is 12.0. The second-order valence-corrected chi connectivity index (χ2v) is 6.46. The standard InChI is InChI=1S/C11H17BrN2O5S/c1-3-4-7(6-18-2)14-11(15)8-5-9(10(12)19-8)20(13,16)17/h5,7H,3-4,6H2,1-2H3,(H,14,15)(H2,13,16,17). The smallest absolute Gasteiger partial charge is 0.287 e. The van der Waals surface area contributed by atoms with Gasteiger partial charge >= 0.3 is 0 Å². The van der Waals surface area contributed by atoms with E-state index in [-0.39, 0.29) is 21.4 Å². The van der Waals surface area contributed by atoms with E-state index in [0.717, 1.165) is 18.9 Å². The van der Waals surface area contributed by atoms with Gasteiger partial charge < -0.3 is 14.5 Å². The van der Waals surface area contributed by atoms with E-state index in [9.17, 15) is 13.2 Å². The highest BCUT2D eigenvalue weighted by Gasteiger charge is 2.23. The van der Waals surface area contributed by atoms with Crippen LogP contribution in [0.3, 0.4) is 0 Å². The fraction of sp³-hybridized carbons (Fsp3) is 0.545. The van der Waals surface area contributed by atoms with E-state index >= 15 is 0 Å². The molecule has 1 rings (SSSR count). The van der Waals surface area contributed by atoms with Crippen molar-refractivity contribution >= 4 is 31.9 Å². The Morgan fingerprint density at radius 1 is 1.60 bits per heavy atom. The Hall–Kier alpha value is -0.900.